The normalized spacial score (nSPS) is 23.9. The Morgan fingerprint density at radius 3 is 2.84 bits per heavy atom. The van der Waals surface area contributed by atoms with E-state index >= 15 is 0 Å². The van der Waals surface area contributed by atoms with Crippen molar-refractivity contribution in [2.45, 2.75) is 48.6 Å². The zero-order valence-electron chi connectivity index (χ0n) is 11.0. The maximum absolute atomic E-state index is 12.3. The van der Waals surface area contributed by atoms with Crippen LogP contribution in [-0.2, 0) is 10.0 Å². The van der Waals surface area contributed by atoms with Gasteiger partial charge in [-0.3, -0.25) is 0 Å². The molecule has 2 unspecified atom stereocenters. The lowest BCUT2D eigenvalue weighted by Gasteiger charge is -2.12. The molecule has 1 aliphatic rings. The number of nitrogens with zero attached hydrogens (tertiary/aromatic N) is 1. The van der Waals surface area contributed by atoms with E-state index in [0.29, 0.717) is 16.1 Å². The molecule has 1 aliphatic carbocycles. The molecule has 0 aromatic carbocycles. The van der Waals surface area contributed by atoms with E-state index in [1.165, 1.54) is 0 Å². The van der Waals surface area contributed by atoms with Gasteiger partial charge < -0.3 is 5.73 Å². The van der Waals surface area contributed by atoms with E-state index in [1.807, 2.05) is 11.8 Å². The first-order chi connectivity index (χ1) is 8.92. The van der Waals surface area contributed by atoms with Gasteiger partial charge in [0.05, 0.1) is 5.69 Å². The second kappa shape index (κ2) is 5.99. The molecule has 1 heterocycles. The first kappa shape index (κ1) is 15.1. The molecule has 2 rings (SSSR count). The summed E-state index contributed by atoms with van der Waals surface area (Å²) in [4.78, 5) is 3.97. The highest BCUT2D eigenvalue weighted by atomic mass is 32.2. The minimum absolute atomic E-state index is 0.0387. The van der Waals surface area contributed by atoms with Crippen LogP contribution in [0, 0.1) is 6.92 Å². The molecule has 108 valence electrons. The van der Waals surface area contributed by atoms with Crippen molar-refractivity contribution in [3.05, 3.63) is 5.69 Å². The summed E-state index contributed by atoms with van der Waals surface area (Å²) in [6.45, 7) is 3.80. The van der Waals surface area contributed by atoms with Gasteiger partial charge in [-0.2, -0.15) is 11.8 Å². The highest BCUT2D eigenvalue weighted by Gasteiger charge is 2.30. The van der Waals surface area contributed by atoms with Gasteiger partial charge in [0.15, 0.2) is 9.34 Å². The van der Waals surface area contributed by atoms with Crippen LogP contribution in [0.4, 0.5) is 5.13 Å². The number of aromatic nitrogens is 1. The van der Waals surface area contributed by atoms with Gasteiger partial charge in [0, 0.05) is 11.3 Å². The molecule has 1 aromatic rings. The van der Waals surface area contributed by atoms with Crippen molar-refractivity contribution < 1.29 is 8.42 Å². The molecular formula is C11H19N3O2S3. The number of nitrogens with two attached hydrogens (primary N) is 1. The number of thiazole rings is 1. The van der Waals surface area contributed by atoms with Crippen LogP contribution in [0.25, 0.3) is 0 Å². The summed E-state index contributed by atoms with van der Waals surface area (Å²) < 4.78 is 27.6. The van der Waals surface area contributed by atoms with Gasteiger partial charge in [0.2, 0.25) is 0 Å². The highest BCUT2D eigenvalue weighted by Crippen LogP contribution is 2.31. The third-order valence-electron chi connectivity index (χ3n) is 3.12. The molecule has 0 spiro atoms. The molecule has 19 heavy (non-hydrogen) atoms. The fourth-order valence-electron chi connectivity index (χ4n) is 2.36. The minimum atomic E-state index is -3.48. The first-order valence-corrected chi connectivity index (χ1v) is 9.64. The van der Waals surface area contributed by atoms with Gasteiger partial charge >= 0.3 is 0 Å². The Labute approximate surface area is 122 Å². The Bertz CT molecular complexity index is 541. The van der Waals surface area contributed by atoms with E-state index in [2.05, 4.69) is 16.6 Å². The fraction of sp³-hybridized carbons (Fsp3) is 0.727. The lowest BCUT2D eigenvalue weighted by atomic mass is 10.3. The smallest absolute Gasteiger partial charge is 0.252 e. The molecular weight excluding hydrogens is 302 g/mol. The summed E-state index contributed by atoms with van der Waals surface area (Å²) in [5.74, 6) is 1.08. The largest absolute Gasteiger partial charge is 0.375 e. The molecule has 0 aliphatic heterocycles. The van der Waals surface area contributed by atoms with Gasteiger partial charge in [-0.15, -0.1) is 0 Å². The Morgan fingerprint density at radius 2 is 2.26 bits per heavy atom. The van der Waals surface area contributed by atoms with Crippen molar-refractivity contribution in [2.24, 2.45) is 0 Å². The van der Waals surface area contributed by atoms with Gasteiger partial charge in [0.25, 0.3) is 10.0 Å². The quantitative estimate of drug-likeness (QED) is 0.866. The summed E-state index contributed by atoms with van der Waals surface area (Å²) in [6, 6.07) is 0.0387. The number of nitrogen functional groups attached to an aromatic ring is 1. The molecule has 1 saturated carbocycles. The third kappa shape index (κ3) is 3.62. The summed E-state index contributed by atoms with van der Waals surface area (Å²) in [7, 11) is -3.48. The van der Waals surface area contributed by atoms with Crippen LogP contribution in [0.5, 0.6) is 0 Å². The van der Waals surface area contributed by atoms with Gasteiger partial charge in [-0.05, 0) is 31.9 Å². The number of hydrogen-bond donors (Lipinski definition) is 2. The zero-order chi connectivity index (χ0) is 14.0. The average molecular weight is 321 g/mol. The predicted octanol–water partition coefficient (Wildman–Crippen LogP) is 1.99. The second-order valence-electron chi connectivity index (χ2n) is 4.63. The van der Waals surface area contributed by atoms with Crippen LogP contribution in [0.2, 0.25) is 0 Å². The molecule has 0 amide bonds. The van der Waals surface area contributed by atoms with E-state index in [0.717, 1.165) is 36.4 Å². The number of anilines is 1. The lowest BCUT2D eigenvalue weighted by molar-refractivity contribution is 0.554. The molecule has 0 saturated heterocycles. The Hall–Kier alpha value is -0.310. The topological polar surface area (TPSA) is 85.1 Å². The summed E-state index contributed by atoms with van der Waals surface area (Å²) in [5.41, 5.74) is 6.04. The van der Waals surface area contributed by atoms with Crippen molar-refractivity contribution in [1.29, 1.82) is 0 Å². The number of thioether (sulfide) groups is 1. The van der Waals surface area contributed by atoms with E-state index < -0.39 is 10.0 Å². The summed E-state index contributed by atoms with van der Waals surface area (Å²) >= 11 is 2.93. The second-order valence-corrected chi connectivity index (χ2v) is 9.15. The summed E-state index contributed by atoms with van der Waals surface area (Å²) in [6.07, 6.45) is 2.89. The zero-order valence-corrected chi connectivity index (χ0v) is 13.5. The molecule has 1 aromatic heterocycles. The molecule has 1 fully saturated rings. The number of sulfonamides is 1. The number of rotatable bonds is 5. The molecule has 5 nitrogen and oxygen atoms in total. The van der Waals surface area contributed by atoms with Crippen LogP contribution in [0.15, 0.2) is 4.21 Å². The summed E-state index contributed by atoms with van der Waals surface area (Å²) in [5, 5.41) is 0.869. The minimum Gasteiger partial charge on any atom is -0.375 e. The predicted molar refractivity (Wildman–Crippen MR) is 81.1 cm³/mol. The number of nitrogens with one attached hydrogen (secondary N) is 1. The fourth-order valence-corrected chi connectivity index (χ4v) is 6.10. The Kier molecular flexibility index (Phi) is 4.75. The van der Waals surface area contributed by atoms with Crippen LogP contribution in [-0.4, -0.2) is 30.4 Å². The standard InChI is InChI=1S/C11H19N3O2S3/c1-3-17-9-5-4-8(6-9)14-19(15,16)10-7(2)13-11(12)18-10/h8-9,14H,3-6H2,1-2H3,(H2,12,13). The van der Waals surface area contributed by atoms with Crippen LogP contribution >= 0.6 is 23.1 Å². The first-order valence-electron chi connectivity index (χ1n) is 6.29. The maximum Gasteiger partial charge on any atom is 0.252 e. The van der Waals surface area contributed by atoms with Crippen molar-refractivity contribution in [1.82, 2.24) is 9.71 Å². The van der Waals surface area contributed by atoms with Crippen LogP contribution in [0.1, 0.15) is 31.9 Å². The van der Waals surface area contributed by atoms with Crippen molar-refractivity contribution >= 4 is 38.3 Å². The number of hydrogen-bond acceptors (Lipinski definition) is 6. The monoisotopic (exact) mass is 321 g/mol. The lowest BCUT2D eigenvalue weighted by Crippen LogP contribution is -2.33. The molecule has 2 atom stereocenters. The van der Waals surface area contributed by atoms with E-state index in [4.69, 9.17) is 5.73 Å². The molecule has 0 bridgehead atoms. The average Bonchev–Trinajstić information content (AvgIpc) is 2.86. The molecule has 3 N–H and O–H groups in total. The highest BCUT2D eigenvalue weighted by molar-refractivity contribution is 7.99. The third-order valence-corrected chi connectivity index (χ3v) is 7.47. The van der Waals surface area contributed by atoms with Crippen LogP contribution in [0.3, 0.4) is 0 Å². The Balaban J connectivity index is 2.05. The molecule has 8 heteroatoms. The van der Waals surface area contributed by atoms with Crippen molar-refractivity contribution in [3.63, 3.8) is 0 Å². The molecule has 0 radical (unpaired) electrons. The van der Waals surface area contributed by atoms with Crippen molar-refractivity contribution in [2.75, 3.05) is 11.5 Å². The van der Waals surface area contributed by atoms with Crippen LogP contribution < -0.4 is 10.5 Å². The van der Waals surface area contributed by atoms with Gasteiger partial charge in [-0.25, -0.2) is 18.1 Å². The SMILES string of the molecule is CCSC1CCC(NS(=O)(=O)c2sc(N)nc2C)C1. The van der Waals surface area contributed by atoms with E-state index in [-0.39, 0.29) is 10.3 Å². The van der Waals surface area contributed by atoms with E-state index in [9.17, 15) is 8.42 Å². The maximum atomic E-state index is 12.3. The van der Waals surface area contributed by atoms with E-state index in [1.54, 1.807) is 6.92 Å². The Morgan fingerprint density at radius 1 is 1.53 bits per heavy atom. The van der Waals surface area contributed by atoms with Gasteiger partial charge in [-0.1, -0.05) is 18.3 Å². The van der Waals surface area contributed by atoms with Crippen molar-refractivity contribution in [3.8, 4) is 0 Å². The number of aryl methyl sites for hydroxylation is 1. The van der Waals surface area contributed by atoms with Gasteiger partial charge in [0.1, 0.15) is 0 Å².